The van der Waals surface area contributed by atoms with Crippen molar-refractivity contribution in [1.82, 2.24) is 4.90 Å². The third-order valence-electron chi connectivity index (χ3n) is 4.05. The van der Waals surface area contributed by atoms with E-state index in [2.05, 4.69) is 0 Å². The van der Waals surface area contributed by atoms with Gasteiger partial charge in [-0.05, 0) is 37.5 Å². The standard InChI is InChI=1S/C16H24N2O2/c1-12-7-8-13(11-15(12)20-2)16(19)18(10-9-17)14-5-3-4-6-14/h7-8,11,14H,3-6,9-10,17H2,1-2H3. The van der Waals surface area contributed by atoms with Crippen LogP contribution in [0.15, 0.2) is 18.2 Å². The highest BCUT2D eigenvalue weighted by atomic mass is 16.5. The van der Waals surface area contributed by atoms with Gasteiger partial charge >= 0.3 is 0 Å². The fourth-order valence-electron chi connectivity index (χ4n) is 2.92. The fraction of sp³-hybridized carbons (Fsp3) is 0.562. The van der Waals surface area contributed by atoms with E-state index in [1.165, 1.54) is 12.8 Å². The molecule has 0 bridgehead atoms. The van der Waals surface area contributed by atoms with E-state index in [0.717, 1.165) is 24.2 Å². The molecule has 1 aromatic rings. The number of carbonyl (C=O) groups excluding carboxylic acids is 1. The van der Waals surface area contributed by atoms with Crippen molar-refractivity contribution >= 4 is 5.91 Å². The normalized spacial score (nSPS) is 15.3. The number of aryl methyl sites for hydroxylation is 1. The van der Waals surface area contributed by atoms with Gasteiger partial charge in [0, 0.05) is 24.7 Å². The fourth-order valence-corrected chi connectivity index (χ4v) is 2.92. The lowest BCUT2D eigenvalue weighted by Crippen LogP contribution is -2.42. The predicted molar refractivity (Wildman–Crippen MR) is 80.1 cm³/mol. The lowest BCUT2D eigenvalue weighted by atomic mass is 10.1. The summed E-state index contributed by atoms with van der Waals surface area (Å²) in [4.78, 5) is 14.7. The molecule has 1 aromatic carbocycles. The Morgan fingerprint density at radius 2 is 2.10 bits per heavy atom. The van der Waals surface area contributed by atoms with Gasteiger partial charge in [0.1, 0.15) is 5.75 Å². The summed E-state index contributed by atoms with van der Waals surface area (Å²) in [5, 5.41) is 0. The van der Waals surface area contributed by atoms with E-state index in [1.807, 2.05) is 30.0 Å². The number of nitrogens with two attached hydrogens (primary N) is 1. The quantitative estimate of drug-likeness (QED) is 0.898. The van der Waals surface area contributed by atoms with Crippen molar-refractivity contribution in [3.63, 3.8) is 0 Å². The summed E-state index contributed by atoms with van der Waals surface area (Å²) in [6, 6.07) is 5.98. The first-order valence-electron chi connectivity index (χ1n) is 7.33. The molecule has 2 N–H and O–H groups in total. The molecule has 110 valence electrons. The zero-order chi connectivity index (χ0) is 14.5. The summed E-state index contributed by atoms with van der Waals surface area (Å²) in [6.45, 7) is 3.10. The van der Waals surface area contributed by atoms with Crippen LogP contribution in [0, 0.1) is 6.92 Å². The smallest absolute Gasteiger partial charge is 0.254 e. The molecule has 0 atom stereocenters. The average Bonchev–Trinajstić information content (AvgIpc) is 2.98. The van der Waals surface area contributed by atoms with Gasteiger partial charge < -0.3 is 15.4 Å². The van der Waals surface area contributed by atoms with E-state index in [4.69, 9.17) is 10.5 Å². The topological polar surface area (TPSA) is 55.6 Å². The summed E-state index contributed by atoms with van der Waals surface area (Å²) >= 11 is 0. The Bertz CT molecular complexity index is 468. The number of rotatable bonds is 5. The molecule has 2 rings (SSSR count). The van der Waals surface area contributed by atoms with Crippen molar-refractivity contribution in [3.05, 3.63) is 29.3 Å². The molecule has 0 aliphatic heterocycles. The van der Waals surface area contributed by atoms with Gasteiger partial charge in [-0.25, -0.2) is 0 Å². The Morgan fingerprint density at radius 3 is 2.70 bits per heavy atom. The van der Waals surface area contributed by atoms with Gasteiger partial charge in [0.05, 0.1) is 7.11 Å². The number of hydrogen-bond acceptors (Lipinski definition) is 3. The van der Waals surface area contributed by atoms with E-state index in [-0.39, 0.29) is 5.91 Å². The summed E-state index contributed by atoms with van der Waals surface area (Å²) in [7, 11) is 1.63. The second-order valence-corrected chi connectivity index (χ2v) is 5.41. The van der Waals surface area contributed by atoms with E-state index in [9.17, 15) is 4.79 Å². The third kappa shape index (κ3) is 3.12. The van der Waals surface area contributed by atoms with Crippen molar-refractivity contribution in [3.8, 4) is 5.75 Å². The zero-order valence-electron chi connectivity index (χ0n) is 12.4. The highest BCUT2D eigenvalue weighted by Gasteiger charge is 2.27. The van der Waals surface area contributed by atoms with E-state index in [0.29, 0.717) is 24.7 Å². The molecule has 0 saturated heterocycles. The van der Waals surface area contributed by atoms with E-state index >= 15 is 0 Å². The Morgan fingerprint density at radius 1 is 1.40 bits per heavy atom. The second-order valence-electron chi connectivity index (χ2n) is 5.41. The minimum Gasteiger partial charge on any atom is -0.496 e. The van der Waals surface area contributed by atoms with Crippen LogP contribution in [-0.2, 0) is 0 Å². The molecule has 4 heteroatoms. The van der Waals surface area contributed by atoms with Crippen molar-refractivity contribution in [1.29, 1.82) is 0 Å². The summed E-state index contributed by atoms with van der Waals surface area (Å²) < 4.78 is 5.31. The molecule has 0 heterocycles. The van der Waals surface area contributed by atoms with Gasteiger partial charge in [-0.15, -0.1) is 0 Å². The Hall–Kier alpha value is -1.55. The Kier molecular flexibility index (Phi) is 5.01. The van der Waals surface area contributed by atoms with Crippen molar-refractivity contribution in [2.45, 2.75) is 38.6 Å². The van der Waals surface area contributed by atoms with Crippen LogP contribution in [0.5, 0.6) is 5.75 Å². The first-order valence-corrected chi connectivity index (χ1v) is 7.33. The highest BCUT2D eigenvalue weighted by Crippen LogP contribution is 2.26. The zero-order valence-corrected chi connectivity index (χ0v) is 12.4. The second kappa shape index (κ2) is 6.75. The first-order chi connectivity index (χ1) is 9.67. The number of nitrogens with zero attached hydrogens (tertiary/aromatic N) is 1. The molecule has 1 fully saturated rings. The highest BCUT2D eigenvalue weighted by molar-refractivity contribution is 5.95. The Balaban J connectivity index is 2.22. The summed E-state index contributed by atoms with van der Waals surface area (Å²) in [5.41, 5.74) is 7.40. The number of carbonyl (C=O) groups is 1. The number of benzene rings is 1. The van der Waals surface area contributed by atoms with Crippen LogP contribution >= 0.6 is 0 Å². The maximum atomic E-state index is 12.7. The molecule has 1 aliphatic rings. The van der Waals surface area contributed by atoms with Gasteiger partial charge in [0.15, 0.2) is 0 Å². The van der Waals surface area contributed by atoms with Crippen LogP contribution in [0.3, 0.4) is 0 Å². The molecule has 1 saturated carbocycles. The number of methoxy groups -OCH3 is 1. The third-order valence-corrected chi connectivity index (χ3v) is 4.05. The first kappa shape index (κ1) is 14.9. The van der Waals surface area contributed by atoms with Crippen molar-refractivity contribution in [2.75, 3.05) is 20.2 Å². The van der Waals surface area contributed by atoms with Crippen molar-refractivity contribution in [2.24, 2.45) is 5.73 Å². The minimum atomic E-state index is 0.0700. The predicted octanol–water partition coefficient (Wildman–Crippen LogP) is 2.35. The minimum absolute atomic E-state index is 0.0700. The maximum Gasteiger partial charge on any atom is 0.254 e. The lowest BCUT2D eigenvalue weighted by molar-refractivity contribution is 0.0687. The lowest BCUT2D eigenvalue weighted by Gasteiger charge is -2.29. The molecule has 0 radical (unpaired) electrons. The number of amides is 1. The van der Waals surface area contributed by atoms with Crippen LogP contribution in [0.1, 0.15) is 41.6 Å². The van der Waals surface area contributed by atoms with Crippen LogP contribution in [0.2, 0.25) is 0 Å². The molecule has 0 spiro atoms. The summed E-state index contributed by atoms with van der Waals surface area (Å²) in [6.07, 6.45) is 4.59. The number of ether oxygens (including phenoxy) is 1. The molecule has 0 unspecified atom stereocenters. The summed E-state index contributed by atoms with van der Waals surface area (Å²) in [5.74, 6) is 0.829. The van der Waals surface area contributed by atoms with Gasteiger partial charge in [-0.3, -0.25) is 4.79 Å². The van der Waals surface area contributed by atoms with Crippen LogP contribution in [0.25, 0.3) is 0 Å². The van der Waals surface area contributed by atoms with Crippen LogP contribution < -0.4 is 10.5 Å². The number of hydrogen-bond donors (Lipinski definition) is 1. The molecule has 4 nitrogen and oxygen atoms in total. The molecular formula is C16H24N2O2. The van der Waals surface area contributed by atoms with Gasteiger partial charge in [0.25, 0.3) is 5.91 Å². The molecule has 1 aliphatic carbocycles. The Labute approximate surface area is 120 Å². The molecule has 1 amide bonds. The van der Waals surface area contributed by atoms with Gasteiger partial charge in [0.2, 0.25) is 0 Å². The van der Waals surface area contributed by atoms with Gasteiger partial charge in [-0.2, -0.15) is 0 Å². The van der Waals surface area contributed by atoms with Crippen LogP contribution in [-0.4, -0.2) is 37.0 Å². The largest absolute Gasteiger partial charge is 0.496 e. The molecular weight excluding hydrogens is 252 g/mol. The van der Waals surface area contributed by atoms with Crippen molar-refractivity contribution < 1.29 is 9.53 Å². The molecule has 0 aromatic heterocycles. The van der Waals surface area contributed by atoms with Gasteiger partial charge in [-0.1, -0.05) is 18.9 Å². The van der Waals surface area contributed by atoms with Crippen LogP contribution in [0.4, 0.5) is 0 Å². The maximum absolute atomic E-state index is 12.7. The average molecular weight is 276 g/mol. The molecule has 20 heavy (non-hydrogen) atoms. The van der Waals surface area contributed by atoms with E-state index in [1.54, 1.807) is 7.11 Å². The monoisotopic (exact) mass is 276 g/mol. The SMILES string of the molecule is COc1cc(C(=O)N(CCN)C2CCCC2)ccc1C. The van der Waals surface area contributed by atoms with E-state index < -0.39 is 0 Å².